The number of benzene rings is 4. The molecule has 2 amide bonds. The van der Waals surface area contributed by atoms with Gasteiger partial charge in [-0.25, -0.2) is 8.42 Å². The van der Waals surface area contributed by atoms with Gasteiger partial charge < -0.3 is 20.9 Å². The van der Waals surface area contributed by atoms with Gasteiger partial charge in [-0.3, -0.25) is 9.59 Å². The van der Waals surface area contributed by atoms with Crippen molar-refractivity contribution < 1.29 is 27.5 Å². The summed E-state index contributed by atoms with van der Waals surface area (Å²) in [6.45, 7) is 7.46. The van der Waals surface area contributed by atoms with Crippen molar-refractivity contribution in [2.75, 3.05) is 0 Å². The van der Waals surface area contributed by atoms with Gasteiger partial charge in [0.2, 0.25) is 21.7 Å². The molecule has 0 heterocycles. The van der Waals surface area contributed by atoms with Crippen molar-refractivity contribution in [3.05, 3.63) is 120 Å². The molecule has 0 aromatic heterocycles. The van der Waals surface area contributed by atoms with Crippen LogP contribution in [0, 0.1) is 0 Å². The number of hydrogen-bond donors (Lipinski definition) is 2. The maximum absolute atomic E-state index is 13.2. The van der Waals surface area contributed by atoms with Crippen molar-refractivity contribution in [3.63, 3.8) is 0 Å². The lowest BCUT2D eigenvalue weighted by Gasteiger charge is -2.12. The van der Waals surface area contributed by atoms with Crippen molar-refractivity contribution in [1.29, 1.82) is 0 Å². The third-order valence-electron chi connectivity index (χ3n) is 5.76. The third kappa shape index (κ3) is 5.89. The summed E-state index contributed by atoms with van der Waals surface area (Å²) >= 11 is 0. The van der Waals surface area contributed by atoms with Crippen molar-refractivity contribution in [2.24, 2.45) is 11.5 Å². The molecule has 0 unspecified atom stereocenters. The second-order valence-electron chi connectivity index (χ2n) is 8.29. The summed E-state index contributed by atoms with van der Waals surface area (Å²) < 4.78 is 38.1. The Bertz CT molecular complexity index is 1570. The van der Waals surface area contributed by atoms with Gasteiger partial charge in [0.1, 0.15) is 23.0 Å². The molecule has 4 rings (SSSR count). The van der Waals surface area contributed by atoms with Crippen molar-refractivity contribution >= 4 is 33.8 Å². The highest BCUT2D eigenvalue weighted by atomic mass is 32.2. The first-order chi connectivity index (χ1) is 18.6. The van der Waals surface area contributed by atoms with Crippen LogP contribution in [0.2, 0.25) is 0 Å². The van der Waals surface area contributed by atoms with Gasteiger partial charge in [-0.1, -0.05) is 37.4 Å². The Balaban J connectivity index is 1.54. The molecule has 8 nitrogen and oxygen atoms in total. The number of nitrogens with two attached hydrogens (primary N) is 2. The molecule has 0 bridgehead atoms. The summed E-state index contributed by atoms with van der Waals surface area (Å²) in [5, 5.41) is 0. The zero-order valence-corrected chi connectivity index (χ0v) is 21.5. The van der Waals surface area contributed by atoms with Crippen LogP contribution >= 0.6 is 0 Å². The molecule has 4 aromatic carbocycles. The normalized spacial score (nSPS) is 10.9. The number of primary amides is 2. The molecule has 0 aliphatic carbocycles. The van der Waals surface area contributed by atoms with E-state index in [1.807, 2.05) is 0 Å². The Morgan fingerprint density at radius 1 is 0.615 bits per heavy atom. The summed E-state index contributed by atoms with van der Waals surface area (Å²) in [4.78, 5) is 23.2. The molecule has 196 valence electrons. The predicted molar refractivity (Wildman–Crippen MR) is 149 cm³/mol. The van der Waals surface area contributed by atoms with Crippen LogP contribution in [-0.4, -0.2) is 20.2 Å². The molecule has 4 N–H and O–H groups in total. The van der Waals surface area contributed by atoms with Gasteiger partial charge in [0, 0.05) is 22.3 Å². The van der Waals surface area contributed by atoms with E-state index in [1.54, 1.807) is 36.4 Å². The number of sulfone groups is 1. The molecule has 9 heteroatoms. The van der Waals surface area contributed by atoms with E-state index in [0.717, 1.165) is 0 Å². The molecule has 0 saturated carbocycles. The average Bonchev–Trinajstić information content (AvgIpc) is 2.93. The topological polar surface area (TPSA) is 139 Å². The second-order valence-corrected chi connectivity index (χ2v) is 10.2. The number of ether oxygens (including phenoxy) is 2. The molecule has 39 heavy (non-hydrogen) atoms. The maximum atomic E-state index is 13.2. The molecular formula is C30H24N2O6S. The highest BCUT2D eigenvalue weighted by molar-refractivity contribution is 7.91. The van der Waals surface area contributed by atoms with Crippen LogP contribution in [-0.2, 0) is 9.84 Å². The van der Waals surface area contributed by atoms with Gasteiger partial charge in [-0.15, -0.1) is 0 Å². The fourth-order valence-corrected chi connectivity index (χ4v) is 4.91. The van der Waals surface area contributed by atoms with Gasteiger partial charge in [-0.2, -0.15) is 0 Å². The van der Waals surface area contributed by atoms with Crippen LogP contribution in [0.3, 0.4) is 0 Å². The minimum absolute atomic E-state index is 0.0569. The molecule has 0 spiro atoms. The minimum Gasteiger partial charge on any atom is -0.457 e. The average molecular weight is 541 g/mol. The zero-order valence-electron chi connectivity index (χ0n) is 20.7. The van der Waals surface area contributed by atoms with Crippen LogP contribution in [0.15, 0.2) is 108 Å². The minimum atomic E-state index is -3.85. The zero-order chi connectivity index (χ0) is 28.2. The summed E-state index contributed by atoms with van der Waals surface area (Å²) in [5.41, 5.74) is 12.5. The first kappa shape index (κ1) is 26.9. The van der Waals surface area contributed by atoms with Gasteiger partial charge in [0.05, 0.1) is 9.79 Å². The first-order valence-electron chi connectivity index (χ1n) is 11.6. The lowest BCUT2D eigenvalue weighted by atomic mass is 10.1. The summed E-state index contributed by atoms with van der Waals surface area (Å²) in [6, 6.07) is 21.2. The number of hydrogen-bond acceptors (Lipinski definition) is 6. The van der Waals surface area contributed by atoms with Crippen molar-refractivity contribution in [1.82, 2.24) is 0 Å². The van der Waals surface area contributed by atoms with Crippen LogP contribution in [0.4, 0.5) is 0 Å². The van der Waals surface area contributed by atoms with E-state index in [1.165, 1.54) is 60.7 Å². The maximum Gasteiger partial charge on any atom is 0.248 e. The third-order valence-corrected chi connectivity index (χ3v) is 7.55. The summed E-state index contributed by atoms with van der Waals surface area (Å²) in [6.07, 6.45) is 3.14. The molecule has 0 fully saturated rings. The van der Waals surface area contributed by atoms with Crippen LogP contribution in [0.5, 0.6) is 23.0 Å². The van der Waals surface area contributed by atoms with E-state index >= 15 is 0 Å². The van der Waals surface area contributed by atoms with Crippen LogP contribution in [0.1, 0.15) is 31.8 Å². The Kier molecular flexibility index (Phi) is 7.64. The quantitative estimate of drug-likeness (QED) is 0.269. The van der Waals surface area contributed by atoms with E-state index in [0.29, 0.717) is 34.1 Å². The fraction of sp³-hybridized carbons (Fsp3) is 0. The monoisotopic (exact) mass is 540 g/mol. The molecule has 0 radical (unpaired) electrons. The summed E-state index contributed by atoms with van der Waals surface area (Å²) in [7, 11) is -3.85. The lowest BCUT2D eigenvalue weighted by molar-refractivity contribution is 0.0991. The van der Waals surface area contributed by atoms with E-state index in [4.69, 9.17) is 20.9 Å². The number of rotatable bonds is 10. The Morgan fingerprint density at radius 2 is 0.974 bits per heavy atom. The standard InChI is InChI=1S/C30H24N2O6S/c1-3-19-5-7-21(29(31)33)17-27(19)37-23-9-13-25(14-10-23)39(35,36)26-15-11-24(12-16-26)38-28-18-22(30(32)34)8-6-20(28)4-2/h3-18H,1-2H2,(H2,31,33)(H2,32,34). The van der Waals surface area contributed by atoms with Crippen molar-refractivity contribution in [3.8, 4) is 23.0 Å². The van der Waals surface area contributed by atoms with Gasteiger partial charge in [0.25, 0.3) is 0 Å². The van der Waals surface area contributed by atoms with E-state index in [-0.39, 0.29) is 20.9 Å². The van der Waals surface area contributed by atoms with Gasteiger partial charge in [-0.05, 0) is 72.8 Å². The molecule has 0 atom stereocenters. The second kappa shape index (κ2) is 11.1. The SMILES string of the molecule is C=Cc1ccc(C(N)=O)cc1Oc1ccc(S(=O)(=O)c2ccc(Oc3cc(C(N)=O)ccc3C=C)cc2)cc1. The van der Waals surface area contributed by atoms with Gasteiger partial charge in [0.15, 0.2) is 0 Å². The largest absolute Gasteiger partial charge is 0.457 e. The van der Waals surface area contributed by atoms with E-state index in [2.05, 4.69) is 13.2 Å². The molecule has 0 aliphatic rings. The van der Waals surface area contributed by atoms with E-state index in [9.17, 15) is 18.0 Å². The molecule has 0 saturated heterocycles. The molecule has 0 aliphatic heterocycles. The molecular weight excluding hydrogens is 516 g/mol. The summed E-state index contributed by atoms with van der Waals surface area (Å²) in [5.74, 6) is 0.224. The highest BCUT2D eigenvalue weighted by Gasteiger charge is 2.18. The predicted octanol–water partition coefficient (Wildman–Crippen LogP) is 5.59. The lowest BCUT2D eigenvalue weighted by Crippen LogP contribution is -2.10. The number of carbonyl (C=O) groups excluding carboxylic acids is 2. The highest BCUT2D eigenvalue weighted by Crippen LogP contribution is 2.31. The van der Waals surface area contributed by atoms with Crippen LogP contribution in [0.25, 0.3) is 12.2 Å². The first-order valence-corrected chi connectivity index (χ1v) is 13.0. The smallest absolute Gasteiger partial charge is 0.248 e. The van der Waals surface area contributed by atoms with Gasteiger partial charge >= 0.3 is 0 Å². The Hall–Kier alpha value is -5.15. The number of carbonyl (C=O) groups is 2. The van der Waals surface area contributed by atoms with E-state index < -0.39 is 21.7 Å². The molecule has 4 aromatic rings. The Morgan fingerprint density at radius 3 is 1.28 bits per heavy atom. The van der Waals surface area contributed by atoms with Crippen molar-refractivity contribution in [2.45, 2.75) is 9.79 Å². The Labute approximate surface area is 225 Å². The number of amides is 2. The van der Waals surface area contributed by atoms with Crippen LogP contribution < -0.4 is 20.9 Å². The fourth-order valence-electron chi connectivity index (χ4n) is 3.65.